The third-order valence-electron chi connectivity index (χ3n) is 3.40. The third-order valence-corrected chi connectivity index (χ3v) is 4.27. The lowest BCUT2D eigenvalue weighted by atomic mass is 10.1. The number of hydrogen-bond acceptors (Lipinski definition) is 1. The summed E-state index contributed by atoms with van der Waals surface area (Å²) >= 11 is 0. The number of hydrogen-bond donors (Lipinski definition) is 0. The maximum Gasteiger partial charge on any atom is 0.205 e. The molecule has 0 saturated heterocycles. The van der Waals surface area contributed by atoms with E-state index in [1.54, 1.807) is 0 Å². The molecule has 0 N–H and O–H groups in total. The van der Waals surface area contributed by atoms with Crippen molar-refractivity contribution in [1.82, 2.24) is 0 Å². The van der Waals surface area contributed by atoms with E-state index in [9.17, 15) is 0 Å². The fourth-order valence-electron chi connectivity index (χ4n) is 2.38. The van der Waals surface area contributed by atoms with E-state index < -0.39 is 9.04 Å². The summed E-state index contributed by atoms with van der Waals surface area (Å²) in [6, 6.07) is 0. The first kappa shape index (κ1) is 18.2. The van der Waals surface area contributed by atoms with Gasteiger partial charge in [0, 0.05) is 6.10 Å². The molecule has 1 nitrogen and oxygen atoms in total. The maximum atomic E-state index is 5.83. The number of rotatable bonds is 13. The van der Waals surface area contributed by atoms with Crippen LogP contribution in [0.1, 0.15) is 84.5 Å². The van der Waals surface area contributed by atoms with E-state index in [1.165, 1.54) is 70.6 Å². The molecule has 1 atom stereocenters. The van der Waals surface area contributed by atoms with Crippen LogP contribution in [0.4, 0.5) is 0 Å². The molecule has 1 radical (unpaired) electrons. The largest absolute Gasteiger partial charge is 0.415 e. The van der Waals surface area contributed by atoms with Crippen LogP contribution in [0.2, 0.25) is 13.1 Å². The van der Waals surface area contributed by atoms with E-state index in [2.05, 4.69) is 26.9 Å². The van der Waals surface area contributed by atoms with Gasteiger partial charge < -0.3 is 4.43 Å². The Labute approximate surface area is 117 Å². The Hall–Kier alpha value is 0.177. The fourth-order valence-corrected chi connectivity index (χ4v) is 3.30. The average molecular weight is 272 g/mol. The Morgan fingerprint density at radius 1 is 0.778 bits per heavy atom. The molecule has 0 fully saturated rings. The van der Waals surface area contributed by atoms with Gasteiger partial charge in [0.05, 0.1) is 0 Å². The van der Waals surface area contributed by atoms with Crippen molar-refractivity contribution in [2.45, 2.75) is 104 Å². The van der Waals surface area contributed by atoms with E-state index in [0.29, 0.717) is 6.10 Å². The van der Waals surface area contributed by atoms with E-state index in [0.717, 1.165) is 0 Å². The average Bonchev–Trinajstić information content (AvgIpc) is 2.30. The SMILES string of the molecule is CCCCCCCCCCCCC(C)O[Si](C)C. The van der Waals surface area contributed by atoms with Gasteiger partial charge in [-0.3, -0.25) is 0 Å². The molecule has 0 bridgehead atoms. The van der Waals surface area contributed by atoms with E-state index in [-0.39, 0.29) is 0 Å². The van der Waals surface area contributed by atoms with Crippen LogP contribution in [-0.2, 0) is 4.43 Å². The van der Waals surface area contributed by atoms with Crippen LogP contribution in [0.15, 0.2) is 0 Å². The van der Waals surface area contributed by atoms with E-state index >= 15 is 0 Å². The molecule has 109 valence electrons. The van der Waals surface area contributed by atoms with Crippen molar-refractivity contribution >= 4 is 9.04 Å². The summed E-state index contributed by atoms with van der Waals surface area (Å²) < 4.78 is 5.83. The lowest BCUT2D eigenvalue weighted by Gasteiger charge is -2.14. The molecule has 2 heteroatoms. The van der Waals surface area contributed by atoms with Gasteiger partial charge in [-0.25, -0.2) is 0 Å². The van der Waals surface area contributed by atoms with Gasteiger partial charge in [-0.1, -0.05) is 71.1 Å². The van der Waals surface area contributed by atoms with Crippen LogP contribution in [0.3, 0.4) is 0 Å². The third kappa shape index (κ3) is 14.2. The molecule has 0 heterocycles. The molecule has 0 aromatic carbocycles. The quantitative estimate of drug-likeness (QED) is 0.297. The molecule has 0 aromatic rings. The van der Waals surface area contributed by atoms with Crippen molar-refractivity contribution < 1.29 is 4.43 Å². The van der Waals surface area contributed by atoms with Crippen LogP contribution in [0.25, 0.3) is 0 Å². The summed E-state index contributed by atoms with van der Waals surface area (Å²) in [4.78, 5) is 0. The molecule has 18 heavy (non-hydrogen) atoms. The first-order valence-corrected chi connectivity index (χ1v) is 10.5. The molecule has 0 aliphatic heterocycles. The summed E-state index contributed by atoms with van der Waals surface area (Å²) in [6.07, 6.45) is 16.0. The number of unbranched alkanes of at least 4 members (excludes halogenated alkanes) is 9. The molecular weight excluding hydrogens is 236 g/mol. The first-order valence-electron chi connectivity index (χ1n) is 8.13. The summed E-state index contributed by atoms with van der Waals surface area (Å²) in [5.41, 5.74) is 0. The molecule has 0 rings (SSSR count). The second-order valence-corrected chi connectivity index (χ2v) is 7.86. The van der Waals surface area contributed by atoms with Crippen LogP contribution < -0.4 is 0 Å². The van der Waals surface area contributed by atoms with Crippen molar-refractivity contribution in [2.24, 2.45) is 0 Å². The van der Waals surface area contributed by atoms with Gasteiger partial charge in [-0.2, -0.15) is 0 Å². The highest BCUT2D eigenvalue weighted by Gasteiger charge is 2.05. The van der Waals surface area contributed by atoms with Crippen molar-refractivity contribution in [3.05, 3.63) is 0 Å². The summed E-state index contributed by atoms with van der Waals surface area (Å²) in [5, 5.41) is 0. The Bertz CT molecular complexity index is 159. The smallest absolute Gasteiger partial charge is 0.205 e. The lowest BCUT2D eigenvalue weighted by molar-refractivity contribution is 0.209. The van der Waals surface area contributed by atoms with Gasteiger partial charge in [0.15, 0.2) is 0 Å². The van der Waals surface area contributed by atoms with Crippen molar-refractivity contribution in [3.8, 4) is 0 Å². The molecule has 0 amide bonds. The van der Waals surface area contributed by atoms with Crippen LogP contribution in [-0.4, -0.2) is 15.1 Å². The highest BCUT2D eigenvalue weighted by Crippen LogP contribution is 2.13. The monoisotopic (exact) mass is 271 g/mol. The first-order chi connectivity index (χ1) is 8.66. The minimum absolute atomic E-state index is 0.489. The summed E-state index contributed by atoms with van der Waals surface area (Å²) in [5.74, 6) is 0. The Kier molecular flexibility index (Phi) is 13.7. The minimum atomic E-state index is -0.495. The van der Waals surface area contributed by atoms with Crippen LogP contribution in [0, 0.1) is 0 Å². The standard InChI is InChI=1S/C16H35OSi/c1-5-6-7-8-9-10-11-12-13-14-15-16(2)17-18(3)4/h16H,5-15H2,1-4H3. The lowest BCUT2D eigenvalue weighted by Crippen LogP contribution is -2.17. The summed E-state index contributed by atoms with van der Waals surface area (Å²) in [7, 11) is -0.495. The second kappa shape index (κ2) is 13.6. The molecule has 0 aliphatic rings. The normalized spacial score (nSPS) is 13.2. The Morgan fingerprint density at radius 3 is 1.67 bits per heavy atom. The maximum absolute atomic E-state index is 5.83. The van der Waals surface area contributed by atoms with Crippen molar-refractivity contribution in [3.63, 3.8) is 0 Å². The zero-order valence-corrected chi connectivity index (χ0v) is 14.3. The zero-order chi connectivity index (χ0) is 13.6. The molecule has 0 aromatic heterocycles. The second-order valence-electron chi connectivity index (χ2n) is 5.81. The van der Waals surface area contributed by atoms with E-state index in [4.69, 9.17) is 4.43 Å². The molecule has 0 spiro atoms. The molecule has 1 unspecified atom stereocenters. The van der Waals surface area contributed by atoms with Crippen molar-refractivity contribution in [2.75, 3.05) is 0 Å². The molecule has 0 aliphatic carbocycles. The zero-order valence-electron chi connectivity index (χ0n) is 13.3. The Morgan fingerprint density at radius 2 is 1.22 bits per heavy atom. The minimum Gasteiger partial charge on any atom is -0.415 e. The predicted octanol–water partition coefficient (Wildman–Crippen LogP) is 5.95. The van der Waals surface area contributed by atoms with Gasteiger partial charge in [-0.15, -0.1) is 0 Å². The topological polar surface area (TPSA) is 9.23 Å². The fraction of sp³-hybridized carbons (Fsp3) is 1.00. The van der Waals surface area contributed by atoms with E-state index in [1.807, 2.05) is 0 Å². The van der Waals surface area contributed by atoms with Crippen LogP contribution >= 0.6 is 0 Å². The van der Waals surface area contributed by atoms with Crippen LogP contribution in [0.5, 0.6) is 0 Å². The van der Waals surface area contributed by atoms with Gasteiger partial charge in [-0.05, 0) is 26.4 Å². The Balaban J connectivity index is 3.07. The van der Waals surface area contributed by atoms with Crippen molar-refractivity contribution in [1.29, 1.82) is 0 Å². The highest BCUT2D eigenvalue weighted by atomic mass is 28.3. The van der Waals surface area contributed by atoms with Gasteiger partial charge in [0.1, 0.15) is 0 Å². The molecule has 0 saturated carbocycles. The van der Waals surface area contributed by atoms with Gasteiger partial charge in [0.2, 0.25) is 9.04 Å². The predicted molar refractivity (Wildman–Crippen MR) is 84.5 cm³/mol. The molecular formula is C16H35OSi. The summed E-state index contributed by atoms with van der Waals surface area (Å²) in [6.45, 7) is 8.95. The highest BCUT2D eigenvalue weighted by molar-refractivity contribution is 6.48. The van der Waals surface area contributed by atoms with Gasteiger partial charge in [0.25, 0.3) is 0 Å². The van der Waals surface area contributed by atoms with Gasteiger partial charge >= 0.3 is 0 Å².